The van der Waals surface area contributed by atoms with Gasteiger partial charge in [0.05, 0.1) is 10.8 Å². The van der Waals surface area contributed by atoms with Crippen LogP contribution in [0, 0.1) is 0 Å². The monoisotopic (exact) mass is 1070 g/mol. The number of hydrogen-bond acceptors (Lipinski definition) is 2. The fourth-order valence-electron chi connectivity index (χ4n) is 15.1. The smallest absolute Gasteiger partial charge is 0.0748 e. The summed E-state index contributed by atoms with van der Waals surface area (Å²) in [7, 11) is 4.49. The molecule has 0 spiro atoms. The lowest BCUT2D eigenvalue weighted by Gasteiger charge is -2.46. The number of benzene rings is 14. The van der Waals surface area contributed by atoms with Gasteiger partial charge in [-0.2, -0.15) is 0 Å². The molecule has 16 rings (SSSR count). The zero-order valence-electron chi connectivity index (χ0n) is 46.9. The summed E-state index contributed by atoms with van der Waals surface area (Å²) < 4.78 is 0. The van der Waals surface area contributed by atoms with E-state index in [1.165, 1.54) is 144 Å². The average Bonchev–Trinajstić information content (AvgIpc) is 0.810. The van der Waals surface area contributed by atoms with Gasteiger partial charge in [-0.05, 0) is 153 Å². The van der Waals surface area contributed by atoms with Gasteiger partial charge in [0.1, 0.15) is 0 Å². The van der Waals surface area contributed by atoms with Gasteiger partial charge >= 0.3 is 0 Å². The van der Waals surface area contributed by atoms with Gasteiger partial charge in [-0.1, -0.05) is 273 Å². The van der Waals surface area contributed by atoms with Crippen LogP contribution in [0.2, 0.25) is 0 Å². The van der Waals surface area contributed by atoms with Crippen LogP contribution in [-0.2, 0) is 10.8 Å². The molecule has 0 bridgehead atoms. The SMILES string of the molecule is CN1c2ccccc2C(c2ccccc2)(c2ccccc2)c2c(-c3cccc4c(-c5cc(-c6ccccc6)cc6ccccc56)c5cccc(-c6cccc7c6C(c6ccccc6)(c6ccccc6)c6ccccc6N7C)c5cc34)cccc21. The van der Waals surface area contributed by atoms with E-state index in [2.05, 4.69) is 339 Å². The molecule has 2 heterocycles. The van der Waals surface area contributed by atoms with Crippen molar-refractivity contribution in [3.8, 4) is 44.5 Å². The molecule has 0 saturated heterocycles. The van der Waals surface area contributed by atoms with Crippen molar-refractivity contribution in [2.24, 2.45) is 0 Å². The van der Waals surface area contributed by atoms with Crippen LogP contribution >= 0.6 is 0 Å². The summed E-state index contributed by atoms with van der Waals surface area (Å²) in [5.74, 6) is 0. The van der Waals surface area contributed by atoms with E-state index in [0.29, 0.717) is 0 Å². The van der Waals surface area contributed by atoms with Crippen LogP contribution in [0.3, 0.4) is 0 Å². The molecule has 0 saturated carbocycles. The summed E-state index contributed by atoms with van der Waals surface area (Å²) >= 11 is 0. The van der Waals surface area contributed by atoms with E-state index in [0.717, 1.165) is 0 Å². The van der Waals surface area contributed by atoms with Gasteiger partial charge in [0, 0.05) is 48.0 Å². The van der Waals surface area contributed by atoms with Crippen molar-refractivity contribution >= 4 is 55.1 Å². The van der Waals surface area contributed by atoms with Crippen molar-refractivity contribution in [1.29, 1.82) is 0 Å². The second-order valence-electron chi connectivity index (χ2n) is 22.7. The molecule has 84 heavy (non-hydrogen) atoms. The van der Waals surface area contributed by atoms with E-state index in [1.807, 2.05) is 0 Å². The summed E-state index contributed by atoms with van der Waals surface area (Å²) in [6.45, 7) is 0. The minimum atomic E-state index is -0.686. The maximum absolute atomic E-state index is 2.56. The van der Waals surface area contributed by atoms with Crippen LogP contribution in [0.25, 0.3) is 76.8 Å². The zero-order valence-corrected chi connectivity index (χ0v) is 46.9. The lowest BCUT2D eigenvalue weighted by atomic mass is 9.60. The van der Waals surface area contributed by atoms with Crippen molar-refractivity contribution in [3.05, 3.63) is 360 Å². The third-order valence-electron chi connectivity index (χ3n) is 18.6. The summed E-state index contributed by atoms with van der Waals surface area (Å²) in [5.41, 5.74) is 22.8. The standard InChI is InChI=1S/C82H58N2/c1-83-74-48-22-20-46-72(74)81(58-31-10-4-11-32-58,59-33-12-5-13-34-59)79-67(44-26-50-76(79)83)63-40-24-42-65-69(63)54-70-64(41-25-43-66(70)78(65)71-53-57(55-28-8-3-9-29-55)52-56-30-18-19-39-62(56)71)68-45-27-51-77-80(68)82(60-35-14-6-15-36-60,61-37-16-7-17-38-61)73-47-21-23-49-75(73)84(77)2/h3-54H,1-2H3. The molecule has 0 aliphatic carbocycles. The summed E-state index contributed by atoms with van der Waals surface area (Å²) in [6, 6.07) is 118. The molecule has 0 amide bonds. The first-order chi connectivity index (χ1) is 41.5. The Hall–Kier alpha value is -10.5. The molecular formula is C82H58N2. The number of anilines is 4. The predicted octanol–water partition coefficient (Wildman–Crippen LogP) is 20.7. The molecule has 0 unspecified atom stereocenters. The number of fused-ring (bicyclic) bond motifs is 7. The van der Waals surface area contributed by atoms with Crippen molar-refractivity contribution in [2.75, 3.05) is 23.9 Å². The van der Waals surface area contributed by atoms with Gasteiger partial charge in [-0.15, -0.1) is 0 Å². The van der Waals surface area contributed by atoms with E-state index < -0.39 is 10.8 Å². The lowest BCUT2D eigenvalue weighted by Crippen LogP contribution is -2.38. The highest BCUT2D eigenvalue weighted by molar-refractivity contribution is 6.22. The minimum absolute atomic E-state index is 0.686. The van der Waals surface area contributed by atoms with Crippen molar-refractivity contribution in [2.45, 2.75) is 10.8 Å². The summed E-state index contributed by atoms with van der Waals surface area (Å²) in [6.07, 6.45) is 0. The zero-order chi connectivity index (χ0) is 55.9. The Morgan fingerprint density at radius 1 is 0.238 bits per heavy atom. The highest BCUT2D eigenvalue weighted by Gasteiger charge is 2.49. The molecule has 0 aromatic heterocycles. The average molecular weight is 1070 g/mol. The molecule has 0 N–H and O–H groups in total. The number of hydrogen-bond donors (Lipinski definition) is 0. The number of nitrogens with zero attached hydrogens (tertiary/aromatic N) is 2. The van der Waals surface area contributed by atoms with Gasteiger partial charge in [0.2, 0.25) is 0 Å². The van der Waals surface area contributed by atoms with E-state index in [1.54, 1.807) is 0 Å². The highest BCUT2D eigenvalue weighted by Crippen LogP contribution is 2.61. The first-order valence-corrected chi connectivity index (χ1v) is 29.3. The van der Waals surface area contributed by atoms with Crippen LogP contribution < -0.4 is 9.80 Å². The van der Waals surface area contributed by atoms with E-state index in [4.69, 9.17) is 0 Å². The van der Waals surface area contributed by atoms with Crippen LogP contribution in [0.5, 0.6) is 0 Å². The maximum atomic E-state index is 2.56. The molecule has 2 nitrogen and oxygen atoms in total. The quantitative estimate of drug-likeness (QED) is 0.140. The Balaban J connectivity index is 1.08. The van der Waals surface area contributed by atoms with Crippen molar-refractivity contribution in [1.82, 2.24) is 0 Å². The highest BCUT2D eigenvalue weighted by atomic mass is 15.1. The Morgan fingerprint density at radius 3 is 1.06 bits per heavy atom. The van der Waals surface area contributed by atoms with Crippen LogP contribution in [-0.4, -0.2) is 14.1 Å². The van der Waals surface area contributed by atoms with E-state index in [9.17, 15) is 0 Å². The Kier molecular flexibility index (Phi) is 11.5. The molecule has 396 valence electrons. The van der Waals surface area contributed by atoms with E-state index in [-0.39, 0.29) is 0 Å². The Bertz CT molecular complexity index is 4530. The molecule has 14 aromatic rings. The molecule has 2 aliphatic heterocycles. The third kappa shape index (κ3) is 7.17. The summed E-state index contributed by atoms with van der Waals surface area (Å²) in [4.78, 5) is 4.84. The molecule has 0 radical (unpaired) electrons. The predicted molar refractivity (Wildman–Crippen MR) is 353 cm³/mol. The van der Waals surface area contributed by atoms with Crippen molar-refractivity contribution in [3.63, 3.8) is 0 Å². The molecular weight excluding hydrogens is 1010 g/mol. The molecule has 14 aromatic carbocycles. The molecule has 0 fully saturated rings. The van der Waals surface area contributed by atoms with Crippen LogP contribution in [0.1, 0.15) is 44.5 Å². The van der Waals surface area contributed by atoms with Gasteiger partial charge < -0.3 is 9.80 Å². The fourth-order valence-corrected chi connectivity index (χ4v) is 15.1. The second kappa shape index (κ2) is 19.6. The maximum Gasteiger partial charge on any atom is 0.0748 e. The topological polar surface area (TPSA) is 6.48 Å². The van der Waals surface area contributed by atoms with Crippen LogP contribution in [0.4, 0.5) is 22.7 Å². The first-order valence-electron chi connectivity index (χ1n) is 29.3. The third-order valence-corrected chi connectivity index (χ3v) is 18.6. The minimum Gasteiger partial charge on any atom is -0.344 e. The fraction of sp³-hybridized carbons (Fsp3) is 0.0488. The number of para-hydroxylation sites is 2. The second-order valence-corrected chi connectivity index (χ2v) is 22.7. The largest absolute Gasteiger partial charge is 0.344 e. The summed E-state index contributed by atoms with van der Waals surface area (Å²) in [5, 5.41) is 7.20. The number of rotatable bonds is 8. The molecule has 2 heteroatoms. The Morgan fingerprint density at radius 2 is 0.595 bits per heavy atom. The molecule has 2 aliphatic rings. The van der Waals surface area contributed by atoms with Gasteiger partial charge in [-0.25, -0.2) is 0 Å². The normalized spacial score (nSPS) is 13.7. The van der Waals surface area contributed by atoms with Crippen molar-refractivity contribution < 1.29 is 0 Å². The van der Waals surface area contributed by atoms with E-state index >= 15 is 0 Å². The van der Waals surface area contributed by atoms with Gasteiger partial charge in [0.15, 0.2) is 0 Å². The Labute approximate surface area is 491 Å². The molecule has 0 atom stereocenters. The first kappa shape index (κ1) is 49.3. The van der Waals surface area contributed by atoms with Crippen LogP contribution in [0.15, 0.2) is 315 Å². The van der Waals surface area contributed by atoms with Gasteiger partial charge in [0.25, 0.3) is 0 Å². The lowest BCUT2D eigenvalue weighted by molar-refractivity contribution is 0.729. The van der Waals surface area contributed by atoms with Gasteiger partial charge in [-0.3, -0.25) is 0 Å².